The molecule has 0 aliphatic carbocycles. The lowest BCUT2D eigenvalue weighted by atomic mass is 10.1. The van der Waals surface area contributed by atoms with Gasteiger partial charge in [-0.15, -0.1) is 0 Å². The van der Waals surface area contributed by atoms with Crippen LogP contribution < -0.4 is 10.2 Å². The molecule has 7 heteroatoms. The molecule has 118 valence electrons. The van der Waals surface area contributed by atoms with Crippen LogP contribution in [0.1, 0.15) is 18.4 Å². The van der Waals surface area contributed by atoms with E-state index in [2.05, 4.69) is 5.32 Å². The molecule has 1 heterocycles. The molecule has 0 saturated carbocycles. The average Bonchev–Trinajstić information content (AvgIpc) is 2.97. The lowest BCUT2D eigenvalue weighted by Gasteiger charge is -2.23. The average molecular weight is 304 g/mol. The van der Waals surface area contributed by atoms with Crippen LogP contribution >= 0.6 is 0 Å². The molecule has 21 heavy (non-hydrogen) atoms. The second kappa shape index (κ2) is 6.53. The van der Waals surface area contributed by atoms with Crippen LogP contribution in [0, 0.1) is 0 Å². The Morgan fingerprint density at radius 2 is 1.90 bits per heavy atom. The number of nitrogens with one attached hydrogen (secondary N) is 1. The molecule has 1 unspecified atom stereocenters. The number of benzene rings is 1. The topological polar surface area (TPSA) is 55.7 Å². The van der Waals surface area contributed by atoms with Crippen LogP contribution in [0.25, 0.3) is 0 Å². The van der Waals surface area contributed by atoms with Crippen molar-refractivity contribution >= 4 is 11.4 Å². The van der Waals surface area contributed by atoms with Crippen molar-refractivity contribution in [1.82, 2.24) is 0 Å². The zero-order valence-electron chi connectivity index (χ0n) is 11.5. The Bertz CT molecular complexity index is 474. The molecule has 4 nitrogen and oxygen atoms in total. The highest BCUT2D eigenvalue weighted by Crippen LogP contribution is 2.39. The lowest BCUT2D eigenvalue weighted by molar-refractivity contribution is -0.137. The minimum Gasteiger partial charge on any atom is -0.394 e. The van der Waals surface area contributed by atoms with Gasteiger partial charge < -0.3 is 20.4 Å². The number of alkyl halides is 3. The summed E-state index contributed by atoms with van der Waals surface area (Å²) in [6, 6.07) is 4.08. The Morgan fingerprint density at radius 3 is 2.48 bits per heavy atom. The molecule has 1 aliphatic heterocycles. The molecule has 1 fully saturated rings. The van der Waals surface area contributed by atoms with E-state index in [9.17, 15) is 18.3 Å². The van der Waals surface area contributed by atoms with Gasteiger partial charge in [0.2, 0.25) is 0 Å². The van der Waals surface area contributed by atoms with Gasteiger partial charge in [-0.25, -0.2) is 0 Å². The highest BCUT2D eigenvalue weighted by atomic mass is 19.4. The van der Waals surface area contributed by atoms with E-state index in [1.165, 1.54) is 6.07 Å². The van der Waals surface area contributed by atoms with Crippen LogP contribution in [0.15, 0.2) is 18.2 Å². The van der Waals surface area contributed by atoms with Crippen LogP contribution in [-0.2, 0) is 6.18 Å². The molecule has 2 rings (SSSR count). The van der Waals surface area contributed by atoms with Crippen LogP contribution in [0.4, 0.5) is 24.5 Å². The van der Waals surface area contributed by atoms with Crippen LogP contribution in [-0.4, -0.2) is 42.6 Å². The molecule has 3 N–H and O–H groups in total. The Balaban J connectivity index is 2.22. The van der Waals surface area contributed by atoms with Gasteiger partial charge in [0.05, 0.1) is 18.3 Å². The number of halogens is 3. The highest BCUT2D eigenvalue weighted by Gasteiger charge is 2.35. The predicted molar refractivity (Wildman–Crippen MR) is 74.5 cm³/mol. The lowest BCUT2D eigenvalue weighted by Crippen LogP contribution is -2.24. The molecule has 0 radical (unpaired) electrons. The second-order valence-corrected chi connectivity index (χ2v) is 5.14. The fourth-order valence-corrected chi connectivity index (χ4v) is 2.41. The molecule has 1 aliphatic rings. The normalized spacial score (nSPS) is 17.1. The zero-order valence-corrected chi connectivity index (χ0v) is 11.5. The van der Waals surface area contributed by atoms with Gasteiger partial charge in [0.15, 0.2) is 0 Å². The van der Waals surface area contributed by atoms with E-state index in [0.717, 1.165) is 18.9 Å². The summed E-state index contributed by atoms with van der Waals surface area (Å²) in [5.41, 5.74) is -0.195. The fourth-order valence-electron chi connectivity index (χ4n) is 2.41. The van der Waals surface area contributed by atoms with Gasteiger partial charge in [-0.1, -0.05) is 0 Å². The van der Waals surface area contributed by atoms with Crippen LogP contribution in [0.3, 0.4) is 0 Å². The SMILES string of the molecule is OCC(O)CNc1ccc(N2CCCC2)c(C(F)(F)F)c1. The molecule has 1 aromatic carbocycles. The molecule has 0 aromatic heterocycles. The van der Waals surface area contributed by atoms with E-state index < -0.39 is 24.5 Å². The second-order valence-electron chi connectivity index (χ2n) is 5.14. The molecular formula is C14H19F3N2O2. The maximum atomic E-state index is 13.2. The Hall–Kier alpha value is -1.47. The van der Waals surface area contributed by atoms with Gasteiger partial charge in [-0.05, 0) is 31.0 Å². The van der Waals surface area contributed by atoms with Crippen LogP contribution in [0.2, 0.25) is 0 Å². The van der Waals surface area contributed by atoms with E-state index in [0.29, 0.717) is 13.1 Å². The monoisotopic (exact) mass is 304 g/mol. The van der Waals surface area contributed by atoms with E-state index in [1.54, 1.807) is 11.0 Å². The van der Waals surface area contributed by atoms with Crippen molar-refractivity contribution in [2.24, 2.45) is 0 Å². The van der Waals surface area contributed by atoms with Crippen molar-refractivity contribution < 1.29 is 23.4 Å². The number of anilines is 2. The van der Waals surface area contributed by atoms with Gasteiger partial charge >= 0.3 is 6.18 Å². The number of hydrogen-bond acceptors (Lipinski definition) is 4. The summed E-state index contributed by atoms with van der Waals surface area (Å²) in [6.45, 7) is 0.833. The Kier molecular flexibility index (Phi) is 4.95. The maximum absolute atomic E-state index is 13.2. The summed E-state index contributed by atoms with van der Waals surface area (Å²) in [6.07, 6.45) is -3.62. The maximum Gasteiger partial charge on any atom is 0.418 e. The largest absolute Gasteiger partial charge is 0.418 e. The minimum atomic E-state index is -4.43. The first-order valence-electron chi connectivity index (χ1n) is 6.91. The van der Waals surface area contributed by atoms with E-state index in [-0.39, 0.29) is 17.9 Å². The van der Waals surface area contributed by atoms with Crippen molar-refractivity contribution in [3.8, 4) is 0 Å². The Morgan fingerprint density at radius 1 is 1.24 bits per heavy atom. The summed E-state index contributed by atoms with van der Waals surface area (Å²) < 4.78 is 39.6. The van der Waals surface area contributed by atoms with Crippen molar-refractivity contribution in [1.29, 1.82) is 0 Å². The summed E-state index contributed by atoms with van der Waals surface area (Å²) >= 11 is 0. The number of nitrogens with zero attached hydrogens (tertiary/aromatic N) is 1. The van der Waals surface area contributed by atoms with Crippen molar-refractivity contribution in [3.05, 3.63) is 23.8 Å². The predicted octanol–water partition coefficient (Wildman–Crippen LogP) is 2.07. The number of aliphatic hydroxyl groups is 2. The third-order valence-corrected chi connectivity index (χ3v) is 3.50. The fraction of sp³-hybridized carbons (Fsp3) is 0.571. The van der Waals surface area contributed by atoms with Crippen LogP contribution in [0.5, 0.6) is 0 Å². The number of hydrogen-bond donors (Lipinski definition) is 3. The van der Waals surface area contributed by atoms with E-state index >= 15 is 0 Å². The standard InChI is InChI=1S/C14H19F3N2O2/c15-14(16,17)12-7-10(18-8-11(21)9-20)3-4-13(12)19-5-1-2-6-19/h3-4,7,11,18,20-21H,1-2,5-6,8-9H2. The summed E-state index contributed by atoms with van der Waals surface area (Å²) in [5.74, 6) is 0. The highest BCUT2D eigenvalue weighted by molar-refractivity contribution is 5.62. The van der Waals surface area contributed by atoms with Crippen molar-refractivity contribution in [3.63, 3.8) is 0 Å². The first-order chi connectivity index (χ1) is 9.91. The van der Waals surface area contributed by atoms with Gasteiger partial charge in [0.25, 0.3) is 0 Å². The van der Waals surface area contributed by atoms with Gasteiger partial charge in [-0.2, -0.15) is 13.2 Å². The van der Waals surface area contributed by atoms with E-state index in [4.69, 9.17) is 5.11 Å². The van der Waals surface area contributed by atoms with Crippen molar-refractivity contribution in [2.45, 2.75) is 25.1 Å². The summed E-state index contributed by atoms with van der Waals surface area (Å²) in [4.78, 5) is 1.75. The zero-order chi connectivity index (χ0) is 15.5. The molecule has 1 atom stereocenters. The quantitative estimate of drug-likeness (QED) is 0.779. The first kappa shape index (κ1) is 15.9. The molecule has 1 saturated heterocycles. The molecule has 0 spiro atoms. The van der Waals surface area contributed by atoms with Gasteiger partial charge in [-0.3, -0.25) is 0 Å². The minimum absolute atomic E-state index is 0.00312. The van der Waals surface area contributed by atoms with Crippen molar-refractivity contribution in [2.75, 3.05) is 36.5 Å². The number of rotatable bonds is 5. The smallest absolute Gasteiger partial charge is 0.394 e. The van der Waals surface area contributed by atoms with E-state index in [1.807, 2.05) is 0 Å². The third-order valence-electron chi connectivity index (χ3n) is 3.50. The number of aliphatic hydroxyl groups excluding tert-OH is 2. The summed E-state index contributed by atoms with van der Waals surface area (Å²) in [5, 5.41) is 20.6. The third kappa shape index (κ3) is 4.01. The molecule has 0 bridgehead atoms. The molecule has 1 aromatic rings. The first-order valence-corrected chi connectivity index (χ1v) is 6.91. The van der Waals surface area contributed by atoms with Gasteiger partial charge in [0.1, 0.15) is 0 Å². The Labute approximate surface area is 121 Å². The van der Waals surface area contributed by atoms with Gasteiger partial charge in [0, 0.05) is 31.0 Å². The summed E-state index contributed by atoms with van der Waals surface area (Å²) in [7, 11) is 0. The molecular weight excluding hydrogens is 285 g/mol. The molecule has 0 amide bonds.